The smallest absolute Gasteiger partial charge is 0.207 e. The molecule has 3 nitrogen and oxygen atoms in total. The van der Waals surface area contributed by atoms with Gasteiger partial charge in [-0.05, 0) is 36.6 Å². The minimum absolute atomic E-state index is 0.159. The number of aryl methyl sites for hydroxylation is 1. The average molecular weight is 413 g/mol. The van der Waals surface area contributed by atoms with Gasteiger partial charge < -0.3 is 0 Å². The maximum atomic E-state index is 12.5. The van der Waals surface area contributed by atoms with E-state index in [0.29, 0.717) is 4.90 Å². The van der Waals surface area contributed by atoms with Crippen LogP contribution in [0.1, 0.15) is 22.7 Å². The minimum Gasteiger partial charge on any atom is -0.207 e. The van der Waals surface area contributed by atoms with Crippen LogP contribution in [0.15, 0.2) is 53.4 Å². The average Bonchev–Trinajstić information content (AvgIpc) is 2.75. The van der Waals surface area contributed by atoms with Crippen LogP contribution in [0.25, 0.3) is 0 Å². The fraction of sp³-hybridized carbons (Fsp3) is 0.250. The first-order valence-electron chi connectivity index (χ1n) is 6.78. The molecule has 0 aromatic heterocycles. The number of alkyl halides is 1. The summed E-state index contributed by atoms with van der Waals surface area (Å²) in [6.45, 7) is 1.94. The molecule has 0 spiro atoms. The molecule has 3 rings (SSSR count). The Morgan fingerprint density at radius 3 is 2.48 bits per heavy atom. The largest absolute Gasteiger partial charge is 0.241 e. The molecule has 0 bridgehead atoms. The number of nitrogens with one attached hydrogen (secondary N) is 1. The summed E-state index contributed by atoms with van der Waals surface area (Å²) in [4.78, 5) is 0.320. The molecule has 0 amide bonds. The van der Waals surface area contributed by atoms with Crippen molar-refractivity contribution in [1.29, 1.82) is 0 Å². The second-order valence-corrected chi connectivity index (χ2v) is 8.64. The van der Waals surface area contributed by atoms with Gasteiger partial charge in [0.1, 0.15) is 0 Å². The summed E-state index contributed by atoms with van der Waals surface area (Å²) in [6, 6.07) is 14.8. The summed E-state index contributed by atoms with van der Waals surface area (Å²) >= 11 is 2.33. The van der Waals surface area contributed by atoms with Gasteiger partial charge in [0.05, 0.1) is 10.9 Å². The normalized spacial score (nSPS) is 21.2. The third kappa shape index (κ3) is 3.00. The second-order valence-electron chi connectivity index (χ2n) is 5.33. The van der Waals surface area contributed by atoms with Crippen molar-refractivity contribution < 1.29 is 8.42 Å². The highest BCUT2D eigenvalue weighted by Gasteiger charge is 2.33. The first kappa shape index (κ1) is 15.0. The van der Waals surface area contributed by atoms with Crippen molar-refractivity contribution in [3.05, 3.63) is 65.2 Å². The van der Waals surface area contributed by atoms with Gasteiger partial charge in [0.2, 0.25) is 10.0 Å². The molecular formula is C16H16INO2S. The van der Waals surface area contributed by atoms with Crippen LogP contribution in [0.2, 0.25) is 0 Å². The third-order valence-corrected chi connectivity index (χ3v) is 6.40. The number of hydrogen-bond donors (Lipinski definition) is 1. The molecule has 0 radical (unpaired) electrons. The maximum Gasteiger partial charge on any atom is 0.241 e. The molecule has 5 heteroatoms. The Bertz CT molecular complexity index is 756. The molecule has 0 saturated carbocycles. The van der Waals surface area contributed by atoms with Crippen LogP contribution in [0.4, 0.5) is 0 Å². The van der Waals surface area contributed by atoms with E-state index < -0.39 is 10.0 Å². The van der Waals surface area contributed by atoms with E-state index in [9.17, 15) is 8.42 Å². The summed E-state index contributed by atoms with van der Waals surface area (Å²) in [5.74, 6) is 0. The molecule has 0 saturated heterocycles. The maximum absolute atomic E-state index is 12.5. The van der Waals surface area contributed by atoms with Crippen molar-refractivity contribution in [2.75, 3.05) is 0 Å². The van der Waals surface area contributed by atoms with Crippen LogP contribution < -0.4 is 4.72 Å². The van der Waals surface area contributed by atoms with E-state index in [1.165, 1.54) is 5.56 Å². The van der Waals surface area contributed by atoms with Crippen LogP contribution in [0.3, 0.4) is 0 Å². The highest BCUT2D eigenvalue weighted by Crippen LogP contribution is 2.37. The first-order chi connectivity index (χ1) is 9.97. The summed E-state index contributed by atoms with van der Waals surface area (Å²) in [7, 11) is -3.49. The van der Waals surface area contributed by atoms with Gasteiger partial charge in [0, 0.05) is 3.92 Å². The predicted octanol–water partition coefficient (Wildman–Crippen LogP) is 3.37. The molecule has 0 fully saturated rings. The fourth-order valence-corrected chi connectivity index (χ4v) is 5.18. The van der Waals surface area contributed by atoms with Crippen molar-refractivity contribution >= 4 is 32.6 Å². The highest BCUT2D eigenvalue weighted by molar-refractivity contribution is 14.1. The molecule has 0 aliphatic heterocycles. The molecule has 0 heterocycles. The molecule has 2 aromatic rings. The van der Waals surface area contributed by atoms with Crippen molar-refractivity contribution in [2.24, 2.45) is 0 Å². The number of sulfonamides is 1. The summed E-state index contributed by atoms with van der Waals surface area (Å²) in [5.41, 5.74) is 3.37. The van der Waals surface area contributed by atoms with Crippen LogP contribution in [-0.2, 0) is 16.4 Å². The quantitative estimate of drug-likeness (QED) is 0.620. The molecule has 110 valence electrons. The molecule has 1 aliphatic rings. The Kier molecular flexibility index (Phi) is 4.07. The van der Waals surface area contributed by atoms with Gasteiger partial charge in [-0.1, -0.05) is 64.6 Å². The van der Waals surface area contributed by atoms with Crippen molar-refractivity contribution in [3.63, 3.8) is 0 Å². The van der Waals surface area contributed by atoms with E-state index in [-0.39, 0.29) is 9.97 Å². The van der Waals surface area contributed by atoms with Crippen molar-refractivity contribution in [3.8, 4) is 0 Å². The lowest BCUT2D eigenvalue weighted by Gasteiger charge is -2.18. The van der Waals surface area contributed by atoms with Crippen LogP contribution >= 0.6 is 22.6 Å². The van der Waals surface area contributed by atoms with Crippen molar-refractivity contribution in [1.82, 2.24) is 4.72 Å². The topological polar surface area (TPSA) is 46.2 Å². The molecular weight excluding hydrogens is 397 g/mol. The molecule has 1 N–H and O–H groups in total. The highest BCUT2D eigenvalue weighted by atomic mass is 127. The Labute approximate surface area is 139 Å². The number of fused-ring (bicyclic) bond motifs is 1. The Hall–Kier alpha value is -0.920. The van der Waals surface area contributed by atoms with Gasteiger partial charge in [0.15, 0.2) is 0 Å². The fourth-order valence-electron chi connectivity index (χ4n) is 2.64. The zero-order chi connectivity index (χ0) is 15.0. The van der Waals surface area contributed by atoms with E-state index in [4.69, 9.17) is 0 Å². The summed E-state index contributed by atoms with van der Waals surface area (Å²) in [5, 5.41) is 0. The lowest BCUT2D eigenvalue weighted by atomic mass is 10.1. The number of rotatable bonds is 3. The lowest BCUT2D eigenvalue weighted by molar-refractivity contribution is 0.561. The second kappa shape index (κ2) is 5.70. The Balaban J connectivity index is 1.91. The van der Waals surface area contributed by atoms with Crippen molar-refractivity contribution in [2.45, 2.75) is 28.2 Å². The van der Waals surface area contributed by atoms with E-state index in [2.05, 4.69) is 33.4 Å². The van der Waals surface area contributed by atoms with E-state index in [0.717, 1.165) is 17.5 Å². The van der Waals surface area contributed by atoms with Gasteiger partial charge >= 0.3 is 0 Å². The predicted molar refractivity (Wildman–Crippen MR) is 92.2 cm³/mol. The van der Waals surface area contributed by atoms with Gasteiger partial charge in [-0.15, -0.1) is 0 Å². The minimum atomic E-state index is -3.49. The Morgan fingerprint density at radius 2 is 1.76 bits per heavy atom. The molecule has 2 aromatic carbocycles. The molecule has 1 aliphatic carbocycles. The van der Waals surface area contributed by atoms with Crippen LogP contribution in [-0.4, -0.2) is 12.3 Å². The lowest BCUT2D eigenvalue weighted by Crippen LogP contribution is -2.31. The number of halogens is 1. The van der Waals surface area contributed by atoms with Crippen LogP contribution in [0, 0.1) is 6.92 Å². The zero-order valence-electron chi connectivity index (χ0n) is 11.6. The van der Waals surface area contributed by atoms with E-state index in [1.807, 2.05) is 37.3 Å². The molecule has 21 heavy (non-hydrogen) atoms. The monoisotopic (exact) mass is 413 g/mol. The summed E-state index contributed by atoms with van der Waals surface area (Å²) < 4.78 is 28.2. The number of benzene rings is 2. The zero-order valence-corrected chi connectivity index (χ0v) is 14.6. The molecule has 0 unspecified atom stereocenters. The van der Waals surface area contributed by atoms with Gasteiger partial charge in [-0.2, -0.15) is 0 Å². The van der Waals surface area contributed by atoms with E-state index >= 15 is 0 Å². The SMILES string of the molecule is Cc1ccc(S(=O)(=O)N[C@@H]2c3ccccc3C[C@@H]2I)cc1. The standard InChI is InChI=1S/C16H16INO2S/c1-11-6-8-13(9-7-11)21(19,20)18-16-14-5-3-2-4-12(14)10-15(16)17/h2-9,15-16,18H,10H2,1H3/t15-,16+/m0/s1. The van der Waals surface area contributed by atoms with Gasteiger partial charge in [0.25, 0.3) is 0 Å². The van der Waals surface area contributed by atoms with Gasteiger partial charge in [-0.3, -0.25) is 0 Å². The van der Waals surface area contributed by atoms with Crippen LogP contribution in [0.5, 0.6) is 0 Å². The summed E-state index contributed by atoms with van der Waals surface area (Å²) in [6.07, 6.45) is 0.901. The van der Waals surface area contributed by atoms with Gasteiger partial charge in [-0.25, -0.2) is 13.1 Å². The number of hydrogen-bond acceptors (Lipinski definition) is 2. The molecule has 2 atom stereocenters. The third-order valence-electron chi connectivity index (χ3n) is 3.78. The Morgan fingerprint density at radius 1 is 1.10 bits per heavy atom. The first-order valence-corrected chi connectivity index (χ1v) is 9.51. The van der Waals surface area contributed by atoms with E-state index in [1.54, 1.807) is 12.1 Å².